The largest absolute Gasteiger partial charge is 0.478 e. The van der Waals surface area contributed by atoms with Crippen LogP contribution in [0.4, 0.5) is 11.4 Å². The van der Waals surface area contributed by atoms with Gasteiger partial charge in [-0.05, 0) is 37.6 Å². The zero-order chi connectivity index (χ0) is 15.9. The number of nitrogens with zero attached hydrogens (tertiary/aromatic N) is 1. The Morgan fingerprint density at radius 1 is 1.14 bits per heavy atom. The second-order valence-corrected chi connectivity index (χ2v) is 5.93. The van der Waals surface area contributed by atoms with Gasteiger partial charge in [-0.1, -0.05) is 29.3 Å². The Bertz CT molecular complexity index is 720. The van der Waals surface area contributed by atoms with Crippen LogP contribution in [-0.2, 0) is 11.2 Å². The Labute approximate surface area is 130 Å². The van der Waals surface area contributed by atoms with E-state index in [9.17, 15) is 4.79 Å². The zero-order valence-electron chi connectivity index (χ0n) is 13.1. The maximum atomic E-state index is 12.5. The molecule has 1 aliphatic rings. The lowest BCUT2D eigenvalue weighted by Gasteiger charge is -2.32. The lowest BCUT2D eigenvalue weighted by molar-refractivity contribution is -0.125. The van der Waals surface area contributed by atoms with Crippen LogP contribution in [-0.4, -0.2) is 19.1 Å². The van der Waals surface area contributed by atoms with E-state index in [0.29, 0.717) is 17.9 Å². The number of fused-ring (bicyclic) bond motifs is 1. The number of anilines is 2. The first-order valence-corrected chi connectivity index (χ1v) is 7.35. The molecule has 0 fully saturated rings. The molecule has 0 aliphatic carbocycles. The van der Waals surface area contributed by atoms with Gasteiger partial charge in [0, 0.05) is 19.2 Å². The van der Waals surface area contributed by atoms with Crippen molar-refractivity contribution in [2.45, 2.75) is 26.4 Å². The van der Waals surface area contributed by atoms with Crippen LogP contribution < -0.4 is 15.4 Å². The summed E-state index contributed by atoms with van der Waals surface area (Å²) in [5.41, 5.74) is 10.6. The van der Waals surface area contributed by atoms with Gasteiger partial charge in [0.05, 0.1) is 5.69 Å². The van der Waals surface area contributed by atoms with Gasteiger partial charge >= 0.3 is 0 Å². The van der Waals surface area contributed by atoms with E-state index >= 15 is 0 Å². The Kier molecular flexibility index (Phi) is 3.53. The molecule has 4 heteroatoms. The third-order valence-corrected chi connectivity index (χ3v) is 3.92. The standard InChI is InChI=1S/C18H20N2O2/c1-11-6-12(2)8-13(7-11)9-17-18(21)20(3)15-10-14(19)4-5-16(15)22-17/h4-8,10,17H,9,19H2,1-3H3. The summed E-state index contributed by atoms with van der Waals surface area (Å²) >= 11 is 0. The minimum Gasteiger partial charge on any atom is -0.478 e. The molecule has 1 aliphatic heterocycles. The molecule has 1 unspecified atom stereocenters. The number of ether oxygens (including phenoxy) is 1. The number of nitrogens with two attached hydrogens (primary N) is 1. The molecule has 2 aromatic carbocycles. The van der Waals surface area contributed by atoms with Crippen molar-refractivity contribution >= 4 is 17.3 Å². The van der Waals surface area contributed by atoms with E-state index in [1.54, 1.807) is 24.1 Å². The average Bonchev–Trinajstić information content (AvgIpc) is 2.44. The Morgan fingerprint density at radius 3 is 2.50 bits per heavy atom. The number of aryl methyl sites for hydroxylation is 2. The van der Waals surface area contributed by atoms with Crippen molar-refractivity contribution in [3.63, 3.8) is 0 Å². The van der Waals surface area contributed by atoms with Gasteiger partial charge < -0.3 is 15.4 Å². The second kappa shape index (κ2) is 5.37. The number of benzene rings is 2. The molecule has 3 rings (SSSR count). The highest BCUT2D eigenvalue weighted by atomic mass is 16.5. The maximum absolute atomic E-state index is 12.5. The van der Waals surface area contributed by atoms with Crippen LogP contribution in [0, 0.1) is 13.8 Å². The Morgan fingerprint density at radius 2 is 1.82 bits per heavy atom. The molecule has 2 aromatic rings. The van der Waals surface area contributed by atoms with Gasteiger partial charge in [0.2, 0.25) is 0 Å². The van der Waals surface area contributed by atoms with Crippen LogP contribution in [0.1, 0.15) is 16.7 Å². The number of rotatable bonds is 2. The summed E-state index contributed by atoms with van der Waals surface area (Å²) in [5.74, 6) is 0.655. The monoisotopic (exact) mass is 296 g/mol. The summed E-state index contributed by atoms with van der Waals surface area (Å²) in [4.78, 5) is 14.2. The fraction of sp³-hybridized carbons (Fsp3) is 0.278. The number of likely N-dealkylation sites (N-methyl/N-ethyl adjacent to an activating group) is 1. The van der Waals surface area contributed by atoms with Gasteiger partial charge in [0.15, 0.2) is 6.10 Å². The molecular formula is C18H20N2O2. The molecule has 22 heavy (non-hydrogen) atoms. The van der Waals surface area contributed by atoms with Gasteiger partial charge in [-0.25, -0.2) is 0 Å². The molecule has 114 valence electrons. The number of carbonyl (C=O) groups is 1. The molecule has 0 aromatic heterocycles. The Balaban J connectivity index is 1.89. The van der Waals surface area contributed by atoms with Crippen molar-refractivity contribution in [2.24, 2.45) is 0 Å². The molecule has 0 spiro atoms. The maximum Gasteiger partial charge on any atom is 0.268 e. The van der Waals surface area contributed by atoms with Gasteiger partial charge in [0.25, 0.3) is 5.91 Å². The van der Waals surface area contributed by atoms with E-state index in [0.717, 1.165) is 11.3 Å². The normalized spacial score (nSPS) is 17.1. The minimum absolute atomic E-state index is 0.0442. The highest BCUT2D eigenvalue weighted by Crippen LogP contribution is 2.35. The van der Waals surface area contributed by atoms with E-state index in [4.69, 9.17) is 10.5 Å². The van der Waals surface area contributed by atoms with E-state index in [-0.39, 0.29) is 5.91 Å². The summed E-state index contributed by atoms with van der Waals surface area (Å²) < 4.78 is 5.91. The van der Waals surface area contributed by atoms with Crippen LogP contribution >= 0.6 is 0 Å². The van der Waals surface area contributed by atoms with Crippen LogP contribution in [0.25, 0.3) is 0 Å². The van der Waals surface area contributed by atoms with Crippen molar-refractivity contribution in [2.75, 3.05) is 17.7 Å². The molecule has 1 amide bonds. The van der Waals surface area contributed by atoms with E-state index in [2.05, 4.69) is 32.0 Å². The topological polar surface area (TPSA) is 55.6 Å². The molecule has 4 nitrogen and oxygen atoms in total. The lowest BCUT2D eigenvalue weighted by atomic mass is 10.0. The third kappa shape index (κ3) is 2.64. The summed E-state index contributed by atoms with van der Waals surface area (Å²) in [7, 11) is 1.76. The van der Waals surface area contributed by atoms with Crippen LogP contribution in [0.15, 0.2) is 36.4 Å². The minimum atomic E-state index is -0.498. The SMILES string of the molecule is Cc1cc(C)cc(CC2Oc3ccc(N)cc3N(C)C2=O)c1. The number of hydrogen-bond donors (Lipinski definition) is 1. The van der Waals surface area contributed by atoms with Crippen molar-refractivity contribution in [1.82, 2.24) is 0 Å². The summed E-state index contributed by atoms with van der Waals surface area (Å²) in [6.45, 7) is 4.12. The van der Waals surface area contributed by atoms with Gasteiger partial charge in [0.1, 0.15) is 5.75 Å². The molecule has 1 heterocycles. The van der Waals surface area contributed by atoms with Crippen molar-refractivity contribution in [3.8, 4) is 5.75 Å². The predicted molar refractivity (Wildman–Crippen MR) is 88.3 cm³/mol. The predicted octanol–water partition coefficient (Wildman–Crippen LogP) is 2.85. The number of hydrogen-bond acceptors (Lipinski definition) is 3. The molecule has 0 saturated heterocycles. The quantitative estimate of drug-likeness (QED) is 0.867. The average molecular weight is 296 g/mol. The highest BCUT2D eigenvalue weighted by molar-refractivity contribution is 6.00. The van der Waals surface area contributed by atoms with E-state index < -0.39 is 6.10 Å². The van der Waals surface area contributed by atoms with Gasteiger partial charge in [-0.15, -0.1) is 0 Å². The first kappa shape index (κ1) is 14.4. The molecular weight excluding hydrogens is 276 g/mol. The number of amides is 1. The fourth-order valence-electron chi connectivity index (χ4n) is 2.96. The molecule has 0 radical (unpaired) electrons. The van der Waals surface area contributed by atoms with E-state index in [1.807, 2.05) is 6.07 Å². The van der Waals surface area contributed by atoms with Crippen molar-refractivity contribution in [1.29, 1.82) is 0 Å². The zero-order valence-corrected chi connectivity index (χ0v) is 13.1. The third-order valence-electron chi connectivity index (χ3n) is 3.92. The smallest absolute Gasteiger partial charge is 0.268 e. The first-order chi connectivity index (χ1) is 10.4. The molecule has 0 bridgehead atoms. The van der Waals surface area contributed by atoms with Crippen LogP contribution in [0.3, 0.4) is 0 Å². The Hall–Kier alpha value is -2.49. The molecule has 1 atom stereocenters. The number of carbonyl (C=O) groups excluding carboxylic acids is 1. The highest BCUT2D eigenvalue weighted by Gasteiger charge is 2.32. The molecule has 2 N–H and O–H groups in total. The van der Waals surface area contributed by atoms with Crippen molar-refractivity contribution < 1.29 is 9.53 Å². The van der Waals surface area contributed by atoms with Crippen LogP contribution in [0.5, 0.6) is 5.75 Å². The molecule has 0 saturated carbocycles. The second-order valence-electron chi connectivity index (χ2n) is 5.93. The van der Waals surface area contributed by atoms with Crippen molar-refractivity contribution in [3.05, 3.63) is 53.1 Å². The van der Waals surface area contributed by atoms with Gasteiger partial charge in [-0.3, -0.25) is 4.79 Å². The van der Waals surface area contributed by atoms with Crippen LogP contribution in [0.2, 0.25) is 0 Å². The summed E-state index contributed by atoms with van der Waals surface area (Å²) in [6, 6.07) is 11.7. The fourth-order valence-corrected chi connectivity index (χ4v) is 2.96. The first-order valence-electron chi connectivity index (χ1n) is 7.35. The number of nitrogen functional groups attached to an aromatic ring is 1. The lowest BCUT2D eigenvalue weighted by Crippen LogP contribution is -2.44. The summed E-state index contributed by atoms with van der Waals surface area (Å²) in [6.07, 6.45) is 0.0671. The van der Waals surface area contributed by atoms with E-state index in [1.165, 1.54) is 11.1 Å². The summed E-state index contributed by atoms with van der Waals surface area (Å²) in [5, 5.41) is 0. The van der Waals surface area contributed by atoms with Gasteiger partial charge in [-0.2, -0.15) is 0 Å².